The summed E-state index contributed by atoms with van der Waals surface area (Å²) in [7, 11) is 1.50. The molecular weight excluding hydrogens is 255 g/mol. The summed E-state index contributed by atoms with van der Waals surface area (Å²) in [6, 6.07) is 0. The Morgan fingerprint density at radius 1 is 1.40 bits per heavy atom. The predicted octanol–water partition coefficient (Wildman–Crippen LogP) is 1.23. The third-order valence-electron chi connectivity index (χ3n) is 3.98. The van der Waals surface area contributed by atoms with Crippen molar-refractivity contribution in [2.24, 2.45) is 0 Å². The van der Waals surface area contributed by atoms with E-state index in [-0.39, 0.29) is 18.3 Å². The van der Waals surface area contributed by atoms with Gasteiger partial charge in [-0.05, 0) is 40.2 Å². The van der Waals surface area contributed by atoms with Crippen LogP contribution in [0.3, 0.4) is 0 Å². The number of nitrogen functional groups attached to an aromatic ring is 1. The maximum Gasteiger partial charge on any atom is 0.491 e. The molecule has 0 amide bonds. The van der Waals surface area contributed by atoms with Crippen LogP contribution in [0.25, 0.3) is 6.08 Å². The first kappa shape index (κ1) is 15.1. The summed E-state index contributed by atoms with van der Waals surface area (Å²) in [5.41, 5.74) is 6.94. The number of aromatic nitrogens is 2. The molecule has 0 unspecified atom stereocenters. The van der Waals surface area contributed by atoms with E-state index >= 15 is 0 Å². The van der Waals surface area contributed by atoms with E-state index in [9.17, 15) is 0 Å². The van der Waals surface area contributed by atoms with Crippen LogP contribution in [0.1, 0.15) is 33.3 Å². The molecule has 1 aliphatic heterocycles. The molecule has 110 valence electrons. The fourth-order valence-corrected chi connectivity index (χ4v) is 2.02. The summed E-state index contributed by atoms with van der Waals surface area (Å²) < 4.78 is 12.1. The van der Waals surface area contributed by atoms with Crippen LogP contribution in [0.5, 0.6) is 0 Å². The van der Waals surface area contributed by atoms with Gasteiger partial charge in [0.2, 0.25) is 0 Å². The molecule has 0 bridgehead atoms. The molecule has 0 saturated carbocycles. The van der Waals surface area contributed by atoms with Gasteiger partial charge in [0.05, 0.1) is 17.4 Å². The molecule has 7 heteroatoms. The second-order valence-corrected chi connectivity index (χ2v) is 6.08. The fourth-order valence-electron chi connectivity index (χ4n) is 2.02. The molecule has 6 nitrogen and oxygen atoms in total. The second-order valence-electron chi connectivity index (χ2n) is 6.08. The van der Waals surface area contributed by atoms with Gasteiger partial charge in [-0.2, -0.15) is 5.10 Å². The van der Waals surface area contributed by atoms with Crippen LogP contribution in [0, 0.1) is 0 Å². The molecule has 0 atom stereocenters. The minimum atomic E-state index is -0.387. The summed E-state index contributed by atoms with van der Waals surface area (Å²) in [5, 5.41) is 9.77. The highest BCUT2D eigenvalue weighted by Crippen LogP contribution is 2.38. The number of likely N-dealkylation sites (N-methyl/N-ethyl adjacent to an activating group) is 1. The molecular formula is C13H23BN4O2. The normalized spacial score (nSPS) is 21.4. The molecule has 2 rings (SSSR count). The number of hydrogen-bond acceptors (Lipinski definition) is 5. The average Bonchev–Trinajstić information content (AvgIpc) is 2.81. The Bertz CT molecular complexity index is 494. The minimum absolute atomic E-state index is 0.355. The van der Waals surface area contributed by atoms with E-state index in [0.29, 0.717) is 12.4 Å². The van der Waals surface area contributed by atoms with Gasteiger partial charge in [0.1, 0.15) is 5.82 Å². The van der Waals surface area contributed by atoms with Crippen molar-refractivity contribution in [2.75, 3.05) is 19.3 Å². The standard InChI is InChI=1S/C13H23BN4O2/c1-12(2)13(3,4)20-14(19-12)10(8-16-5)6-9-7-17-18-11(9)15/h6-7,16H,8H2,1-5H3,(H3,15,17,18). The van der Waals surface area contributed by atoms with Gasteiger partial charge in [-0.3, -0.25) is 5.10 Å². The van der Waals surface area contributed by atoms with Crippen molar-refractivity contribution in [2.45, 2.75) is 38.9 Å². The van der Waals surface area contributed by atoms with Gasteiger partial charge in [0.15, 0.2) is 0 Å². The molecule has 1 aliphatic rings. The monoisotopic (exact) mass is 278 g/mol. The lowest BCUT2D eigenvalue weighted by Gasteiger charge is -2.32. The zero-order valence-electron chi connectivity index (χ0n) is 12.8. The maximum atomic E-state index is 6.07. The maximum absolute atomic E-state index is 6.07. The van der Waals surface area contributed by atoms with E-state index in [2.05, 4.69) is 15.5 Å². The van der Waals surface area contributed by atoms with Crippen LogP contribution in [-0.2, 0) is 9.31 Å². The topological polar surface area (TPSA) is 85.2 Å². The average molecular weight is 278 g/mol. The van der Waals surface area contributed by atoms with Crippen molar-refractivity contribution in [1.82, 2.24) is 15.5 Å². The first-order chi connectivity index (χ1) is 9.27. The lowest BCUT2D eigenvalue weighted by atomic mass is 9.77. The zero-order chi connectivity index (χ0) is 15.0. The summed E-state index contributed by atoms with van der Waals surface area (Å²) in [5.74, 6) is 0.537. The van der Waals surface area contributed by atoms with Crippen molar-refractivity contribution in [1.29, 1.82) is 0 Å². The Labute approximate surface area is 120 Å². The first-order valence-electron chi connectivity index (χ1n) is 6.76. The van der Waals surface area contributed by atoms with E-state index in [1.807, 2.05) is 40.8 Å². The van der Waals surface area contributed by atoms with Gasteiger partial charge in [-0.15, -0.1) is 0 Å². The van der Waals surface area contributed by atoms with Crippen LogP contribution in [-0.4, -0.2) is 42.1 Å². The Kier molecular flexibility index (Phi) is 3.95. The smallest absolute Gasteiger partial charge is 0.400 e. The Morgan fingerprint density at radius 2 is 2.00 bits per heavy atom. The van der Waals surface area contributed by atoms with Gasteiger partial charge in [-0.1, -0.05) is 6.08 Å². The van der Waals surface area contributed by atoms with Crippen LogP contribution >= 0.6 is 0 Å². The molecule has 0 spiro atoms. The largest absolute Gasteiger partial charge is 0.491 e. The van der Waals surface area contributed by atoms with Crippen molar-refractivity contribution in [3.8, 4) is 0 Å². The van der Waals surface area contributed by atoms with Crippen molar-refractivity contribution in [3.63, 3.8) is 0 Å². The van der Waals surface area contributed by atoms with Gasteiger partial charge < -0.3 is 20.4 Å². The summed E-state index contributed by atoms with van der Waals surface area (Å²) in [4.78, 5) is 0. The molecule has 1 aromatic heterocycles. The Balaban J connectivity index is 2.27. The fraction of sp³-hybridized carbons (Fsp3) is 0.615. The second kappa shape index (κ2) is 5.23. The number of anilines is 1. The summed E-state index contributed by atoms with van der Waals surface area (Å²) >= 11 is 0. The van der Waals surface area contributed by atoms with E-state index in [1.165, 1.54) is 0 Å². The van der Waals surface area contributed by atoms with Gasteiger partial charge >= 0.3 is 7.12 Å². The number of rotatable bonds is 4. The van der Waals surface area contributed by atoms with Crippen molar-refractivity contribution < 1.29 is 9.31 Å². The molecule has 1 saturated heterocycles. The van der Waals surface area contributed by atoms with Crippen LogP contribution in [0.4, 0.5) is 5.82 Å². The number of nitrogens with zero attached hydrogens (tertiary/aromatic N) is 1. The number of hydrogen-bond donors (Lipinski definition) is 3. The van der Waals surface area contributed by atoms with Crippen molar-refractivity contribution >= 4 is 19.0 Å². The zero-order valence-corrected chi connectivity index (χ0v) is 12.8. The molecule has 4 N–H and O–H groups in total. The molecule has 0 aliphatic carbocycles. The number of H-pyrrole nitrogens is 1. The highest BCUT2D eigenvalue weighted by atomic mass is 16.7. The van der Waals surface area contributed by atoms with Crippen LogP contribution < -0.4 is 11.1 Å². The van der Waals surface area contributed by atoms with Crippen LogP contribution in [0.15, 0.2) is 11.7 Å². The Morgan fingerprint density at radius 3 is 2.45 bits per heavy atom. The van der Waals surface area contributed by atoms with Crippen molar-refractivity contribution in [3.05, 3.63) is 17.2 Å². The molecule has 1 aromatic rings. The lowest BCUT2D eigenvalue weighted by Crippen LogP contribution is -2.41. The number of nitrogens with one attached hydrogen (secondary N) is 2. The molecule has 1 fully saturated rings. The highest BCUT2D eigenvalue weighted by Gasteiger charge is 2.52. The Hall–Kier alpha value is -1.31. The number of nitrogens with two attached hydrogens (primary N) is 1. The van der Waals surface area contributed by atoms with E-state index in [1.54, 1.807) is 6.20 Å². The van der Waals surface area contributed by atoms with E-state index < -0.39 is 0 Å². The third-order valence-corrected chi connectivity index (χ3v) is 3.98. The molecule has 20 heavy (non-hydrogen) atoms. The molecule has 2 heterocycles. The van der Waals surface area contributed by atoms with Crippen LogP contribution in [0.2, 0.25) is 0 Å². The molecule has 0 radical (unpaired) electrons. The quantitative estimate of drug-likeness (QED) is 0.721. The predicted molar refractivity (Wildman–Crippen MR) is 81.0 cm³/mol. The first-order valence-corrected chi connectivity index (χ1v) is 6.76. The third kappa shape index (κ3) is 2.75. The van der Waals surface area contributed by atoms with E-state index in [0.717, 1.165) is 11.0 Å². The molecule has 0 aromatic carbocycles. The lowest BCUT2D eigenvalue weighted by molar-refractivity contribution is 0.00578. The highest BCUT2D eigenvalue weighted by molar-refractivity contribution is 6.56. The van der Waals surface area contributed by atoms with Gasteiger partial charge in [0, 0.05) is 12.1 Å². The SMILES string of the molecule is CNCC(=Cc1cn[nH]c1N)B1OC(C)(C)C(C)(C)O1. The number of aromatic amines is 1. The summed E-state index contributed by atoms with van der Waals surface area (Å²) in [6.07, 6.45) is 3.65. The summed E-state index contributed by atoms with van der Waals surface area (Å²) in [6.45, 7) is 8.81. The van der Waals surface area contributed by atoms with E-state index in [4.69, 9.17) is 15.0 Å². The van der Waals surface area contributed by atoms with Gasteiger partial charge in [-0.25, -0.2) is 0 Å². The minimum Gasteiger partial charge on any atom is -0.400 e. The van der Waals surface area contributed by atoms with Gasteiger partial charge in [0.25, 0.3) is 0 Å².